The molecular weight excluding hydrogens is 284 g/mol. The van der Waals surface area contributed by atoms with E-state index < -0.39 is 15.2 Å². The Morgan fingerprint density at radius 1 is 1.42 bits per heavy atom. The molecule has 110 valence electrons. The maximum Gasteiger partial charge on any atom is 0.240 e. The van der Waals surface area contributed by atoms with Gasteiger partial charge in [-0.1, -0.05) is 13.3 Å². The number of sulfone groups is 1. The number of nitrogens with zero attached hydrogens (tertiary/aromatic N) is 1. The first kappa shape index (κ1) is 15.1. The van der Waals surface area contributed by atoms with Crippen LogP contribution in [0.4, 0.5) is 0 Å². The number of nitrogens with one attached hydrogen (secondary N) is 1. The van der Waals surface area contributed by atoms with Gasteiger partial charge in [0.15, 0.2) is 9.84 Å². The molecule has 2 rings (SSSR count). The highest BCUT2D eigenvalue weighted by molar-refractivity contribution is 8.01. The van der Waals surface area contributed by atoms with Crippen LogP contribution in [0.3, 0.4) is 0 Å². The zero-order chi connectivity index (χ0) is 13.9. The summed E-state index contributed by atoms with van der Waals surface area (Å²) in [6.45, 7) is 3.05. The number of hydrogen-bond acceptors (Lipinski definition) is 5. The van der Waals surface area contributed by atoms with Crippen LogP contribution in [-0.4, -0.2) is 61.0 Å². The molecule has 5 nitrogen and oxygen atoms in total. The minimum absolute atomic E-state index is 0.0259. The Bertz CT molecular complexity index is 419. The molecule has 2 heterocycles. The first-order valence-electron chi connectivity index (χ1n) is 6.89. The van der Waals surface area contributed by atoms with Crippen LogP contribution in [-0.2, 0) is 14.6 Å². The van der Waals surface area contributed by atoms with Crippen LogP contribution in [0.2, 0.25) is 0 Å². The average Bonchev–Trinajstić information content (AvgIpc) is 2.47. The maximum absolute atomic E-state index is 12.5. The molecule has 0 saturated carbocycles. The molecule has 2 saturated heterocycles. The van der Waals surface area contributed by atoms with E-state index in [2.05, 4.69) is 5.32 Å². The lowest BCUT2D eigenvalue weighted by atomic mass is 10.0. The Morgan fingerprint density at radius 2 is 2.21 bits per heavy atom. The summed E-state index contributed by atoms with van der Waals surface area (Å²) in [5.41, 5.74) is 0. The van der Waals surface area contributed by atoms with Crippen molar-refractivity contribution in [2.45, 2.75) is 37.6 Å². The van der Waals surface area contributed by atoms with E-state index in [1.54, 1.807) is 23.6 Å². The second kappa shape index (κ2) is 6.45. The lowest BCUT2D eigenvalue weighted by molar-refractivity contribution is -0.134. The zero-order valence-electron chi connectivity index (χ0n) is 11.3. The first-order chi connectivity index (χ1) is 9.06. The van der Waals surface area contributed by atoms with Crippen molar-refractivity contribution in [1.82, 2.24) is 10.2 Å². The average molecular weight is 306 g/mol. The summed E-state index contributed by atoms with van der Waals surface area (Å²) < 4.78 is 24.2. The largest absolute Gasteiger partial charge is 0.323 e. The number of piperidine rings is 1. The molecule has 0 aromatic rings. The van der Waals surface area contributed by atoms with Crippen molar-refractivity contribution in [3.63, 3.8) is 0 Å². The number of hydrogen-bond donors (Lipinski definition) is 1. The van der Waals surface area contributed by atoms with Crippen LogP contribution in [0.25, 0.3) is 0 Å². The Kier molecular flexibility index (Phi) is 5.14. The topological polar surface area (TPSA) is 66.5 Å². The monoisotopic (exact) mass is 306 g/mol. The Balaban J connectivity index is 2.12. The minimum atomic E-state index is -3.20. The highest BCUT2D eigenvalue weighted by Crippen LogP contribution is 2.23. The first-order valence-corrected chi connectivity index (χ1v) is 9.76. The predicted octanol–water partition coefficient (Wildman–Crippen LogP) is 0.465. The second-order valence-electron chi connectivity index (χ2n) is 5.02. The molecule has 2 fully saturated rings. The van der Waals surface area contributed by atoms with Crippen LogP contribution < -0.4 is 5.32 Å². The third-order valence-corrected chi connectivity index (χ3v) is 7.08. The maximum atomic E-state index is 12.5. The zero-order valence-corrected chi connectivity index (χ0v) is 12.9. The van der Waals surface area contributed by atoms with Crippen LogP contribution in [0, 0.1) is 0 Å². The summed E-state index contributed by atoms with van der Waals surface area (Å²) in [7, 11) is -3.20. The summed E-state index contributed by atoms with van der Waals surface area (Å²) in [6, 6.07) is -0.189. The minimum Gasteiger partial charge on any atom is -0.323 e. The summed E-state index contributed by atoms with van der Waals surface area (Å²) in [5.74, 6) is 1.41. The van der Waals surface area contributed by atoms with Gasteiger partial charge in [0.05, 0.1) is 6.04 Å². The van der Waals surface area contributed by atoms with Gasteiger partial charge in [-0.25, -0.2) is 8.42 Å². The summed E-state index contributed by atoms with van der Waals surface area (Å²) in [5, 5.41) is 2.58. The number of amides is 1. The molecule has 1 N–H and O–H groups in total. The van der Waals surface area contributed by atoms with Gasteiger partial charge in [-0.3, -0.25) is 4.79 Å². The molecule has 19 heavy (non-hydrogen) atoms. The van der Waals surface area contributed by atoms with Crippen molar-refractivity contribution in [2.75, 3.05) is 30.3 Å². The molecule has 0 bridgehead atoms. The Hall–Kier alpha value is -0.270. The molecular formula is C12H22N2O3S2. The fraction of sp³-hybridized carbons (Fsp3) is 0.917. The van der Waals surface area contributed by atoms with Crippen molar-refractivity contribution < 1.29 is 13.2 Å². The van der Waals surface area contributed by atoms with E-state index in [4.69, 9.17) is 0 Å². The number of carbonyl (C=O) groups is 1. The molecule has 0 radical (unpaired) electrons. The van der Waals surface area contributed by atoms with Crippen molar-refractivity contribution in [2.24, 2.45) is 0 Å². The third-order valence-electron chi connectivity index (χ3n) is 3.79. The van der Waals surface area contributed by atoms with Crippen LogP contribution in [0.15, 0.2) is 0 Å². The number of rotatable bonds is 3. The Labute approximate surface area is 119 Å². The van der Waals surface area contributed by atoms with Crippen LogP contribution >= 0.6 is 11.8 Å². The lowest BCUT2D eigenvalue weighted by Gasteiger charge is -2.37. The van der Waals surface area contributed by atoms with E-state index in [1.165, 1.54) is 0 Å². The van der Waals surface area contributed by atoms with E-state index in [0.717, 1.165) is 31.6 Å². The highest BCUT2D eigenvalue weighted by Gasteiger charge is 2.38. The fourth-order valence-electron chi connectivity index (χ4n) is 2.59. The van der Waals surface area contributed by atoms with Gasteiger partial charge in [0.25, 0.3) is 0 Å². The second-order valence-corrected chi connectivity index (χ2v) is 8.61. The molecule has 2 aliphatic heterocycles. The molecule has 0 aliphatic carbocycles. The lowest BCUT2D eigenvalue weighted by Crippen LogP contribution is -2.57. The summed E-state index contributed by atoms with van der Waals surface area (Å²) >= 11 is 1.62. The predicted molar refractivity (Wildman–Crippen MR) is 77.9 cm³/mol. The van der Waals surface area contributed by atoms with Gasteiger partial charge in [-0.05, 0) is 19.4 Å². The van der Waals surface area contributed by atoms with Crippen molar-refractivity contribution in [3.8, 4) is 0 Å². The Morgan fingerprint density at radius 3 is 2.84 bits per heavy atom. The van der Waals surface area contributed by atoms with Gasteiger partial charge in [0, 0.05) is 23.8 Å². The molecule has 2 aliphatic rings. The van der Waals surface area contributed by atoms with E-state index in [-0.39, 0.29) is 17.7 Å². The van der Waals surface area contributed by atoms with Crippen molar-refractivity contribution >= 4 is 27.5 Å². The smallest absolute Gasteiger partial charge is 0.240 e. The van der Waals surface area contributed by atoms with Crippen molar-refractivity contribution in [3.05, 3.63) is 0 Å². The van der Waals surface area contributed by atoms with Gasteiger partial charge in [-0.2, -0.15) is 11.8 Å². The number of carbonyl (C=O) groups excluding carboxylic acids is 1. The van der Waals surface area contributed by atoms with Gasteiger partial charge in [-0.15, -0.1) is 0 Å². The fourth-order valence-corrected chi connectivity index (χ4v) is 5.56. The standard InChI is InChI=1S/C12H22N2O3S2/c1-2-19(16,17)11-9-18-8-7-14(11)12(15)10-5-3-4-6-13-10/h10-11,13H,2-9H2,1H3. The van der Waals surface area contributed by atoms with E-state index in [0.29, 0.717) is 12.3 Å². The molecule has 1 amide bonds. The van der Waals surface area contributed by atoms with Gasteiger partial charge in [0.1, 0.15) is 5.37 Å². The van der Waals surface area contributed by atoms with E-state index >= 15 is 0 Å². The van der Waals surface area contributed by atoms with E-state index in [9.17, 15) is 13.2 Å². The summed E-state index contributed by atoms with van der Waals surface area (Å²) in [4.78, 5) is 14.1. The van der Waals surface area contributed by atoms with Crippen LogP contribution in [0.1, 0.15) is 26.2 Å². The van der Waals surface area contributed by atoms with Crippen molar-refractivity contribution in [1.29, 1.82) is 0 Å². The quantitative estimate of drug-likeness (QED) is 0.821. The molecule has 2 unspecified atom stereocenters. The van der Waals surface area contributed by atoms with Gasteiger partial charge >= 0.3 is 0 Å². The molecule has 0 aromatic heterocycles. The molecule has 0 spiro atoms. The third kappa shape index (κ3) is 3.44. The molecule has 2 atom stereocenters. The highest BCUT2D eigenvalue weighted by atomic mass is 32.2. The van der Waals surface area contributed by atoms with Gasteiger partial charge < -0.3 is 10.2 Å². The SMILES string of the molecule is CCS(=O)(=O)C1CSCCN1C(=O)C1CCCCN1. The number of thioether (sulfide) groups is 1. The molecule has 7 heteroatoms. The normalized spacial score (nSPS) is 29.2. The molecule has 0 aromatic carbocycles. The van der Waals surface area contributed by atoms with Gasteiger partial charge in [0.2, 0.25) is 5.91 Å². The van der Waals surface area contributed by atoms with E-state index in [1.807, 2.05) is 0 Å². The van der Waals surface area contributed by atoms with Crippen LogP contribution in [0.5, 0.6) is 0 Å². The summed E-state index contributed by atoms with van der Waals surface area (Å²) in [6.07, 6.45) is 2.95.